The molecule has 1 aliphatic heterocycles. The van der Waals surface area contributed by atoms with E-state index in [1.807, 2.05) is 27.7 Å². The minimum atomic E-state index is -0.612. The van der Waals surface area contributed by atoms with Crippen molar-refractivity contribution < 1.29 is 14.3 Å². The minimum absolute atomic E-state index is 0.147. The largest absolute Gasteiger partial charge is 0.441 e. The van der Waals surface area contributed by atoms with Crippen LogP contribution in [0, 0.1) is 5.92 Å². The Bertz CT molecular complexity index is 347. The topological polar surface area (TPSA) is 46.6 Å². The second kappa shape index (κ2) is 5.55. The Morgan fingerprint density at radius 2 is 2.17 bits per heavy atom. The van der Waals surface area contributed by atoms with Crippen LogP contribution in [-0.4, -0.2) is 28.5 Å². The molecule has 1 rings (SSSR count). The van der Waals surface area contributed by atoms with Gasteiger partial charge in [0.2, 0.25) is 5.91 Å². The van der Waals surface area contributed by atoms with Crippen molar-refractivity contribution in [3.05, 3.63) is 12.7 Å². The standard InChI is InChI=1S/C14H23NO3/c1-6-7-8-9-11(16)15-12(10(2)3)14(4,5)18-13(15)17/h6,10,12H,1,7-9H2,2-5H3/t12-/m0/s1. The molecule has 0 aromatic heterocycles. The summed E-state index contributed by atoms with van der Waals surface area (Å²) < 4.78 is 5.31. The van der Waals surface area contributed by atoms with Crippen molar-refractivity contribution in [2.24, 2.45) is 5.92 Å². The van der Waals surface area contributed by atoms with Crippen molar-refractivity contribution in [3.63, 3.8) is 0 Å². The Balaban J connectivity index is 2.81. The molecule has 0 aromatic carbocycles. The molecule has 1 fully saturated rings. The normalized spacial score (nSPS) is 22.2. The Labute approximate surface area is 109 Å². The zero-order valence-corrected chi connectivity index (χ0v) is 11.7. The number of amides is 2. The third-order valence-electron chi connectivity index (χ3n) is 3.24. The van der Waals surface area contributed by atoms with Crippen molar-refractivity contribution in [1.82, 2.24) is 4.90 Å². The van der Waals surface area contributed by atoms with Crippen molar-refractivity contribution in [2.45, 2.75) is 58.6 Å². The first-order valence-corrected chi connectivity index (χ1v) is 6.47. The van der Waals surface area contributed by atoms with Gasteiger partial charge >= 0.3 is 6.09 Å². The maximum absolute atomic E-state index is 12.1. The highest BCUT2D eigenvalue weighted by molar-refractivity contribution is 5.94. The number of carbonyl (C=O) groups excluding carboxylic acids is 2. The second-order valence-electron chi connectivity index (χ2n) is 5.60. The van der Waals surface area contributed by atoms with Gasteiger partial charge in [0.15, 0.2) is 0 Å². The summed E-state index contributed by atoms with van der Waals surface area (Å²) in [5, 5.41) is 0. The molecular weight excluding hydrogens is 230 g/mol. The molecular formula is C14H23NO3. The van der Waals surface area contributed by atoms with Crippen LogP contribution < -0.4 is 0 Å². The fourth-order valence-electron chi connectivity index (χ4n) is 2.63. The first kappa shape index (κ1) is 14.7. The molecule has 1 atom stereocenters. The minimum Gasteiger partial charge on any atom is -0.441 e. The fourth-order valence-corrected chi connectivity index (χ4v) is 2.63. The van der Waals surface area contributed by atoms with Gasteiger partial charge < -0.3 is 4.74 Å². The number of unbranched alkanes of at least 4 members (excludes halogenated alkanes) is 1. The molecule has 0 unspecified atom stereocenters. The fraction of sp³-hybridized carbons (Fsp3) is 0.714. The van der Waals surface area contributed by atoms with Gasteiger partial charge in [0.05, 0.1) is 6.04 Å². The average molecular weight is 253 g/mol. The number of imide groups is 1. The Hall–Kier alpha value is -1.32. The summed E-state index contributed by atoms with van der Waals surface area (Å²) in [5.74, 6) is 0.0286. The van der Waals surface area contributed by atoms with Gasteiger partial charge in [-0.15, -0.1) is 6.58 Å². The molecule has 4 heteroatoms. The SMILES string of the molecule is C=CCCCC(=O)N1C(=O)OC(C)(C)[C@@H]1C(C)C. The Morgan fingerprint density at radius 3 is 2.67 bits per heavy atom. The van der Waals surface area contributed by atoms with Crippen LogP contribution in [0.2, 0.25) is 0 Å². The van der Waals surface area contributed by atoms with Crippen LogP contribution in [0.5, 0.6) is 0 Å². The summed E-state index contributed by atoms with van der Waals surface area (Å²) in [5.41, 5.74) is -0.612. The van der Waals surface area contributed by atoms with Gasteiger partial charge in [-0.2, -0.15) is 0 Å². The highest BCUT2D eigenvalue weighted by Crippen LogP contribution is 2.34. The molecule has 0 spiro atoms. The first-order chi connectivity index (χ1) is 8.31. The van der Waals surface area contributed by atoms with E-state index < -0.39 is 11.7 Å². The van der Waals surface area contributed by atoms with Crippen molar-refractivity contribution in [3.8, 4) is 0 Å². The lowest BCUT2D eigenvalue weighted by Gasteiger charge is -2.30. The van der Waals surface area contributed by atoms with Gasteiger partial charge in [-0.05, 0) is 32.6 Å². The van der Waals surface area contributed by atoms with E-state index in [-0.39, 0.29) is 17.9 Å². The van der Waals surface area contributed by atoms with Crippen LogP contribution in [0.25, 0.3) is 0 Å². The first-order valence-electron chi connectivity index (χ1n) is 6.47. The summed E-state index contributed by atoms with van der Waals surface area (Å²) in [6.07, 6.45) is 3.13. The van der Waals surface area contributed by atoms with Crippen LogP contribution in [0.4, 0.5) is 4.79 Å². The molecule has 102 valence electrons. The molecule has 0 saturated carbocycles. The monoisotopic (exact) mass is 253 g/mol. The highest BCUT2D eigenvalue weighted by Gasteiger charge is 2.51. The van der Waals surface area contributed by atoms with Crippen LogP contribution in [0.1, 0.15) is 47.0 Å². The van der Waals surface area contributed by atoms with E-state index in [1.165, 1.54) is 4.90 Å². The number of cyclic esters (lactones) is 1. The molecule has 0 N–H and O–H groups in total. The lowest BCUT2D eigenvalue weighted by atomic mass is 9.89. The summed E-state index contributed by atoms with van der Waals surface area (Å²) in [6, 6.07) is -0.193. The number of nitrogens with zero attached hydrogens (tertiary/aromatic N) is 1. The zero-order valence-electron chi connectivity index (χ0n) is 11.7. The van der Waals surface area contributed by atoms with Crippen LogP contribution in [-0.2, 0) is 9.53 Å². The summed E-state index contributed by atoms with van der Waals surface area (Å²) in [4.78, 5) is 25.3. The maximum Gasteiger partial charge on any atom is 0.417 e. The molecule has 1 aliphatic rings. The molecule has 1 heterocycles. The maximum atomic E-state index is 12.1. The van der Waals surface area contributed by atoms with Gasteiger partial charge in [0, 0.05) is 6.42 Å². The van der Waals surface area contributed by atoms with Crippen molar-refractivity contribution >= 4 is 12.0 Å². The molecule has 4 nitrogen and oxygen atoms in total. The highest BCUT2D eigenvalue weighted by atomic mass is 16.6. The van der Waals surface area contributed by atoms with Gasteiger partial charge in [-0.1, -0.05) is 19.9 Å². The molecule has 1 saturated heterocycles. The quantitative estimate of drug-likeness (QED) is 0.558. The van der Waals surface area contributed by atoms with E-state index >= 15 is 0 Å². The third kappa shape index (κ3) is 2.92. The number of allylic oxidation sites excluding steroid dienone is 1. The Kier molecular flexibility index (Phi) is 4.54. The molecule has 18 heavy (non-hydrogen) atoms. The predicted octanol–water partition coefficient (Wildman–Crippen LogP) is 3.12. The van der Waals surface area contributed by atoms with E-state index in [0.29, 0.717) is 6.42 Å². The number of hydrogen-bond acceptors (Lipinski definition) is 3. The van der Waals surface area contributed by atoms with E-state index in [1.54, 1.807) is 6.08 Å². The smallest absolute Gasteiger partial charge is 0.417 e. The van der Waals surface area contributed by atoms with Crippen LogP contribution >= 0.6 is 0 Å². The van der Waals surface area contributed by atoms with Gasteiger partial charge in [0.1, 0.15) is 5.60 Å². The molecule has 0 bridgehead atoms. The molecule has 0 aliphatic carbocycles. The third-order valence-corrected chi connectivity index (χ3v) is 3.24. The molecule has 0 aromatic rings. The number of carbonyl (C=O) groups is 2. The summed E-state index contributed by atoms with van der Waals surface area (Å²) in [7, 11) is 0. The van der Waals surface area contributed by atoms with Crippen LogP contribution in [0.15, 0.2) is 12.7 Å². The van der Waals surface area contributed by atoms with E-state index in [4.69, 9.17) is 4.74 Å². The molecule has 0 radical (unpaired) electrons. The van der Waals surface area contributed by atoms with E-state index in [2.05, 4.69) is 6.58 Å². The van der Waals surface area contributed by atoms with E-state index in [0.717, 1.165) is 12.8 Å². The summed E-state index contributed by atoms with van der Waals surface area (Å²) >= 11 is 0. The van der Waals surface area contributed by atoms with Gasteiger partial charge in [-0.3, -0.25) is 4.79 Å². The summed E-state index contributed by atoms with van der Waals surface area (Å²) in [6.45, 7) is 11.3. The number of rotatable bonds is 5. The number of ether oxygens (including phenoxy) is 1. The van der Waals surface area contributed by atoms with Crippen molar-refractivity contribution in [1.29, 1.82) is 0 Å². The second-order valence-corrected chi connectivity index (χ2v) is 5.60. The lowest BCUT2D eigenvalue weighted by Crippen LogP contribution is -2.47. The average Bonchev–Trinajstić information content (AvgIpc) is 2.48. The van der Waals surface area contributed by atoms with Crippen molar-refractivity contribution in [2.75, 3.05) is 0 Å². The zero-order chi connectivity index (χ0) is 13.9. The predicted molar refractivity (Wildman–Crippen MR) is 70.1 cm³/mol. The lowest BCUT2D eigenvalue weighted by molar-refractivity contribution is -0.130. The Morgan fingerprint density at radius 1 is 1.56 bits per heavy atom. The molecule has 2 amide bonds. The van der Waals surface area contributed by atoms with Gasteiger partial charge in [0.25, 0.3) is 0 Å². The number of hydrogen-bond donors (Lipinski definition) is 0. The van der Waals surface area contributed by atoms with E-state index in [9.17, 15) is 9.59 Å². The van der Waals surface area contributed by atoms with Gasteiger partial charge in [-0.25, -0.2) is 9.69 Å². The van der Waals surface area contributed by atoms with Crippen LogP contribution in [0.3, 0.4) is 0 Å².